The molecule has 0 radical (unpaired) electrons. The maximum atomic E-state index is 10.6. The third-order valence-electron chi connectivity index (χ3n) is 1.62. The van der Waals surface area contributed by atoms with Crippen LogP contribution in [0.5, 0.6) is 0 Å². The number of nitrogens with one attached hydrogen (secondary N) is 1. The summed E-state index contributed by atoms with van der Waals surface area (Å²) >= 11 is 0. The van der Waals surface area contributed by atoms with Gasteiger partial charge in [0.15, 0.2) is 0 Å². The molecule has 4 heteroatoms. The Morgan fingerprint density at radius 1 is 1.64 bits per heavy atom. The number of hydrogen-bond donors (Lipinski definition) is 2. The third kappa shape index (κ3) is 1.71. The number of aromatic amines is 1. The molecule has 1 unspecified atom stereocenters. The quantitative estimate of drug-likeness (QED) is 0.659. The Morgan fingerprint density at radius 2 is 2.27 bits per heavy atom. The highest BCUT2D eigenvalue weighted by Gasteiger charge is 2.12. The molecule has 11 heavy (non-hydrogen) atoms. The van der Waals surface area contributed by atoms with Crippen LogP contribution in [0.3, 0.4) is 0 Å². The Balaban J connectivity index is 2.84. The third-order valence-corrected chi connectivity index (χ3v) is 1.62. The number of nitrogens with two attached hydrogens (primary N) is 1. The normalized spacial score (nSPS) is 13.8. The predicted molar refractivity (Wildman–Crippen MR) is 41.1 cm³/mol. The molecule has 0 aliphatic heterocycles. The Morgan fingerprint density at radius 3 is 2.64 bits per heavy atom. The minimum absolute atomic E-state index is 0.151. The van der Waals surface area contributed by atoms with Gasteiger partial charge in [0.1, 0.15) is 0 Å². The van der Waals surface area contributed by atoms with Gasteiger partial charge in [-0.25, -0.2) is 9.95 Å². The van der Waals surface area contributed by atoms with Gasteiger partial charge in [-0.15, -0.1) is 0 Å². The van der Waals surface area contributed by atoms with Crippen LogP contribution in [0.25, 0.3) is 0 Å². The molecule has 0 fully saturated rings. The van der Waals surface area contributed by atoms with E-state index in [1.54, 1.807) is 0 Å². The zero-order valence-corrected chi connectivity index (χ0v) is 6.63. The summed E-state index contributed by atoms with van der Waals surface area (Å²) < 4.78 is 4.48. The molecule has 62 valence electrons. The van der Waals surface area contributed by atoms with Gasteiger partial charge in [-0.3, -0.25) is 0 Å². The predicted octanol–water partition coefficient (Wildman–Crippen LogP) is 0.624. The molecule has 1 aromatic heterocycles. The van der Waals surface area contributed by atoms with Gasteiger partial charge in [0.05, 0.1) is 11.7 Å². The van der Waals surface area contributed by atoms with E-state index in [4.69, 9.17) is 5.73 Å². The Kier molecular flexibility index (Phi) is 2.14. The highest BCUT2D eigenvalue weighted by atomic mass is 16.5. The van der Waals surface area contributed by atoms with Crippen LogP contribution in [0.4, 0.5) is 0 Å². The Labute approximate surface area is 64.4 Å². The van der Waals surface area contributed by atoms with E-state index in [2.05, 4.69) is 9.68 Å². The van der Waals surface area contributed by atoms with Gasteiger partial charge in [0.2, 0.25) is 0 Å². The topological polar surface area (TPSA) is 72.0 Å². The van der Waals surface area contributed by atoms with Crippen molar-refractivity contribution in [3.63, 3.8) is 0 Å². The number of rotatable bonds is 2. The fraction of sp³-hybridized carbons (Fsp3) is 0.571. The molecule has 0 aliphatic rings. The van der Waals surface area contributed by atoms with E-state index in [0.717, 1.165) is 0 Å². The first kappa shape index (κ1) is 8.07. The SMILES string of the molecule is CC(C)C(N)c1cc(=O)o[nH]1. The van der Waals surface area contributed by atoms with Crippen LogP contribution in [0, 0.1) is 5.92 Å². The van der Waals surface area contributed by atoms with Gasteiger partial charge >= 0.3 is 5.63 Å². The summed E-state index contributed by atoms with van der Waals surface area (Å²) in [5, 5.41) is 2.47. The highest BCUT2D eigenvalue weighted by molar-refractivity contribution is 5.02. The molecule has 0 aliphatic carbocycles. The molecule has 1 rings (SSSR count). The van der Waals surface area contributed by atoms with E-state index in [-0.39, 0.29) is 11.7 Å². The van der Waals surface area contributed by atoms with Crippen LogP contribution in [0.2, 0.25) is 0 Å². The van der Waals surface area contributed by atoms with Crippen LogP contribution in [-0.4, -0.2) is 5.16 Å². The van der Waals surface area contributed by atoms with E-state index < -0.39 is 0 Å². The second-order valence-corrected chi connectivity index (χ2v) is 2.89. The molecule has 1 atom stereocenters. The molecule has 0 spiro atoms. The van der Waals surface area contributed by atoms with Gasteiger partial charge in [-0.05, 0) is 5.92 Å². The number of hydrogen-bond acceptors (Lipinski definition) is 3. The zero-order chi connectivity index (χ0) is 8.43. The van der Waals surface area contributed by atoms with E-state index in [0.29, 0.717) is 11.6 Å². The van der Waals surface area contributed by atoms with E-state index in [1.165, 1.54) is 6.07 Å². The lowest BCUT2D eigenvalue weighted by molar-refractivity contribution is 0.370. The summed E-state index contributed by atoms with van der Waals surface area (Å²) in [5.41, 5.74) is 6.00. The Bertz CT molecular complexity index is 274. The molecule has 3 N–H and O–H groups in total. The molecule has 0 aromatic carbocycles. The lowest BCUT2D eigenvalue weighted by Gasteiger charge is -2.11. The average Bonchev–Trinajstić information content (AvgIpc) is 2.34. The summed E-state index contributed by atoms with van der Waals surface area (Å²) in [4.78, 5) is 10.6. The second kappa shape index (κ2) is 2.92. The first-order valence-corrected chi connectivity index (χ1v) is 3.55. The number of aromatic nitrogens is 1. The summed E-state index contributed by atoms with van der Waals surface area (Å²) in [7, 11) is 0. The van der Waals surface area contributed by atoms with Crippen LogP contribution >= 0.6 is 0 Å². The molecular weight excluding hydrogens is 144 g/mol. The van der Waals surface area contributed by atoms with Crippen LogP contribution in [0.1, 0.15) is 25.6 Å². The van der Waals surface area contributed by atoms with Crippen molar-refractivity contribution in [2.75, 3.05) is 0 Å². The second-order valence-electron chi connectivity index (χ2n) is 2.89. The smallest absolute Gasteiger partial charge is 0.339 e. The molecule has 4 nitrogen and oxygen atoms in total. The fourth-order valence-corrected chi connectivity index (χ4v) is 0.818. The van der Waals surface area contributed by atoms with Crippen LogP contribution in [-0.2, 0) is 0 Å². The van der Waals surface area contributed by atoms with Crippen molar-refractivity contribution in [3.05, 3.63) is 22.2 Å². The standard InChI is InChI=1S/C7H12N2O2/c1-4(2)7(8)5-3-6(10)11-9-5/h3-4,7,9H,8H2,1-2H3. The summed E-state index contributed by atoms with van der Waals surface area (Å²) in [6.07, 6.45) is 0. The molecule has 0 bridgehead atoms. The first-order valence-electron chi connectivity index (χ1n) is 3.55. The van der Waals surface area contributed by atoms with Crippen LogP contribution in [0.15, 0.2) is 15.4 Å². The van der Waals surface area contributed by atoms with Crippen molar-refractivity contribution in [2.45, 2.75) is 19.9 Å². The van der Waals surface area contributed by atoms with Gasteiger partial charge in [-0.1, -0.05) is 13.8 Å². The maximum absolute atomic E-state index is 10.6. The average molecular weight is 156 g/mol. The first-order chi connectivity index (χ1) is 5.11. The van der Waals surface area contributed by atoms with Crippen molar-refractivity contribution in [3.8, 4) is 0 Å². The highest BCUT2D eigenvalue weighted by Crippen LogP contribution is 2.14. The minimum Gasteiger partial charge on any atom is -0.339 e. The van der Waals surface area contributed by atoms with Gasteiger partial charge in [0, 0.05) is 6.07 Å². The molecule has 0 saturated heterocycles. The lowest BCUT2D eigenvalue weighted by atomic mass is 10.0. The summed E-state index contributed by atoms with van der Waals surface area (Å²) in [6, 6.07) is 1.23. The van der Waals surface area contributed by atoms with Crippen molar-refractivity contribution in [1.82, 2.24) is 5.16 Å². The van der Waals surface area contributed by atoms with Crippen molar-refractivity contribution in [1.29, 1.82) is 0 Å². The number of H-pyrrole nitrogens is 1. The van der Waals surface area contributed by atoms with E-state index in [9.17, 15) is 4.79 Å². The monoisotopic (exact) mass is 156 g/mol. The zero-order valence-electron chi connectivity index (χ0n) is 6.63. The van der Waals surface area contributed by atoms with Crippen molar-refractivity contribution >= 4 is 0 Å². The van der Waals surface area contributed by atoms with E-state index >= 15 is 0 Å². The summed E-state index contributed by atoms with van der Waals surface area (Å²) in [6.45, 7) is 3.96. The van der Waals surface area contributed by atoms with Crippen molar-refractivity contribution in [2.24, 2.45) is 11.7 Å². The maximum Gasteiger partial charge on any atom is 0.357 e. The Hall–Kier alpha value is -1.03. The molecule has 0 saturated carbocycles. The fourth-order valence-electron chi connectivity index (χ4n) is 0.818. The largest absolute Gasteiger partial charge is 0.357 e. The van der Waals surface area contributed by atoms with E-state index in [1.807, 2.05) is 13.8 Å². The molecule has 1 aromatic rings. The van der Waals surface area contributed by atoms with Gasteiger partial charge in [0.25, 0.3) is 0 Å². The van der Waals surface area contributed by atoms with Gasteiger partial charge in [-0.2, -0.15) is 0 Å². The molecule has 0 amide bonds. The summed E-state index contributed by atoms with van der Waals surface area (Å²) in [5.74, 6) is 0.295. The molecule has 1 heterocycles. The lowest BCUT2D eigenvalue weighted by Crippen LogP contribution is -2.17. The van der Waals surface area contributed by atoms with Crippen molar-refractivity contribution < 1.29 is 4.52 Å². The molecular formula is C7H12N2O2. The minimum atomic E-state index is -0.379. The van der Waals surface area contributed by atoms with Gasteiger partial charge < -0.3 is 10.3 Å². The van der Waals surface area contributed by atoms with Crippen LogP contribution < -0.4 is 11.4 Å².